The third-order valence-corrected chi connectivity index (χ3v) is 6.57. The second-order valence-electron chi connectivity index (χ2n) is 6.60. The van der Waals surface area contributed by atoms with Gasteiger partial charge in [0.05, 0.1) is 11.1 Å². The first-order valence-electron chi connectivity index (χ1n) is 8.79. The highest BCUT2D eigenvalue weighted by Crippen LogP contribution is 2.26. The SMILES string of the molecule is Cc1nc(OC(C)C)cc(N2CCN(S(=O)(=O)c3ccccc3Cl)CC2)n1. The Morgan fingerprint density at radius 1 is 1.11 bits per heavy atom. The number of hydrogen-bond donors (Lipinski definition) is 0. The van der Waals surface area contributed by atoms with Crippen LogP contribution in [0.15, 0.2) is 35.2 Å². The summed E-state index contributed by atoms with van der Waals surface area (Å²) in [5, 5.41) is 0.238. The van der Waals surface area contributed by atoms with Gasteiger partial charge in [-0.2, -0.15) is 9.29 Å². The quantitative estimate of drug-likeness (QED) is 0.754. The van der Waals surface area contributed by atoms with E-state index in [1.54, 1.807) is 24.3 Å². The average molecular weight is 411 g/mol. The summed E-state index contributed by atoms with van der Waals surface area (Å²) in [5.41, 5.74) is 0. The van der Waals surface area contributed by atoms with Crippen molar-refractivity contribution in [2.45, 2.75) is 31.8 Å². The fourth-order valence-electron chi connectivity index (χ4n) is 2.94. The highest BCUT2D eigenvalue weighted by molar-refractivity contribution is 7.89. The van der Waals surface area contributed by atoms with Gasteiger partial charge in [-0.05, 0) is 32.9 Å². The lowest BCUT2D eigenvalue weighted by molar-refractivity contribution is 0.231. The maximum Gasteiger partial charge on any atom is 0.244 e. The van der Waals surface area contributed by atoms with E-state index in [2.05, 4.69) is 9.97 Å². The van der Waals surface area contributed by atoms with Crippen LogP contribution in [0.2, 0.25) is 5.02 Å². The fraction of sp³-hybridized carbons (Fsp3) is 0.444. The second-order valence-corrected chi connectivity index (χ2v) is 8.91. The maximum atomic E-state index is 12.9. The molecule has 0 spiro atoms. The van der Waals surface area contributed by atoms with E-state index in [0.29, 0.717) is 37.9 Å². The monoisotopic (exact) mass is 410 g/mol. The van der Waals surface area contributed by atoms with Crippen molar-refractivity contribution < 1.29 is 13.2 Å². The molecule has 1 aliphatic rings. The van der Waals surface area contributed by atoms with Crippen molar-refractivity contribution >= 4 is 27.4 Å². The van der Waals surface area contributed by atoms with Crippen molar-refractivity contribution in [3.8, 4) is 5.88 Å². The number of sulfonamides is 1. The Kier molecular flexibility index (Phi) is 5.88. The molecule has 1 aliphatic heterocycles. The number of benzene rings is 1. The zero-order chi connectivity index (χ0) is 19.6. The van der Waals surface area contributed by atoms with Crippen LogP contribution in [-0.4, -0.2) is 55.0 Å². The molecule has 0 aliphatic carbocycles. The summed E-state index contributed by atoms with van der Waals surface area (Å²) in [7, 11) is -3.61. The zero-order valence-corrected chi connectivity index (χ0v) is 17.2. The molecule has 0 amide bonds. The molecule has 7 nitrogen and oxygen atoms in total. The van der Waals surface area contributed by atoms with Crippen LogP contribution >= 0.6 is 11.6 Å². The molecule has 1 fully saturated rings. The molecule has 2 aromatic rings. The summed E-state index contributed by atoms with van der Waals surface area (Å²) >= 11 is 6.08. The molecule has 146 valence electrons. The minimum Gasteiger partial charge on any atom is -0.475 e. The van der Waals surface area contributed by atoms with Gasteiger partial charge in [0.15, 0.2) is 0 Å². The third kappa shape index (κ3) is 4.51. The number of halogens is 1. The molecule has 0 bridgehead atoms. The van der Waals surface area contributed by atoms with Crippen molar-refractivity contribution in [3.63, 3.8) is 0 Å². The molecule has 1 aromatic heterocycles. The second kappa shape index (κ2) is 8.00. The van der Waals surface area contributed by atoms with Crippen LogP contribution in [0, 0.1) is 6.92 Å². The molecule has 9 heteroatoms. The number of aromatic nitrogens is 2. The van der Waals surface area contributed by atoms with Gasteiger partial charge in [0.1, 0.15) is 16.5 Å². The van der Waals surface area contributed by atoms with Crippen molar-refractivity contribution in [1.82, 2.24) is 14.3 Å². The van der Waals surface area contributed by atoms with Crippen LogP contribution in [0.25, 0.3) is 0 Å². The summed E-state index contributed by atoms with van der Waals surface area (Å²) in [6.45, 7) is 7.47. The van der Waals surface area contributed by atoms with Gasteiger partial charge in [0, 0.05) is 32.2 Å². The first kappa shape index (κ1) is 19.9. The Hall–Kier alpha value is -1.90. The predicted molar refractivity (Wildman–Crippen MR) is 105 cm³/mol. The van der Waals surface area contributed by atoms with Crippen LogP contribution in [-0.2, 0) is 10.0 Å². The van der Waals surface area contributed by atoms with Crippen LogP contribution < -0.4 is 9.64 Å². The highest BCUT2D eigenvalue weighted by Gasteiger charge is 2.30. The Morgan fingerprint density at radius 3 is 2.41 bits per heavy atom. The van der Waals surface area contributed by atoms with Gasteiger partial charge in [0.25, 0.3) is 0 Å². The average Bonchev–Trinajstić information content (AvgIpc) is 2.61. The van der Waals surface area contributed by atoms with E-state index in [1.807, 2.05) is 25.7 Å². The first-order valence-corrected chi connectivity index (χ1v) is 10.6. The van der Waals surface area contributed by atoms with Gasteiger partial charge in [-0.15, -0.1) is 0 Å². The predicted octanol–water partition coefficient (Wildman–Crippen LogP) is 2.74. The minimum atomic E-state index is -3.61. The van der Waals surface area contributed by atoms with Crippen molar-refractivity contribution in [2.24, 2.45) is 0 Å². The van der Waals surface area contributed by atoms with Gasteiger partial charge in [-0.25, -0.2) is 13.4 Å². The minimum absolute atomic E-state index is 0.0183. The van der Waals surface area contributed by atoms with Crippen LogP contribution in [0.4, 0.5) is 5.82 Å². The number of hydrogen-bond acceptors (Lipinski definition) is 6. The summed E-state index contributed by atoms with van der Waals surface area (Å²) in [6.07, 6.45) is 0.0183. The molecule has 0 unspecified atom stereocenters. The molecule has 0 saturated carbocycles. The number of rotatable bonds is 5. The van der Waals surface area contributed by atoms with E-state index in [-0.39, 0.29) is 16.0 Å². The molecule has 1 saturated heterocycles. The summed E-state index contributed by atoms with van der Waals surface area (Å²) < 4.78 is 32.9. The standard InChI is InChI=1S/C18H23ClN4O3S/c1-13(2)26-18-12-17(20-14(3)21-18)22-8-10-23(11-9-22)27(24,25)16-7-5-4-6-15(16)19/h4-7,12-13H,8-11H2,1-3H3. The summed E-state index contributed by atoms with van der Waals surface area (Å²) in [6, 6.07) is 8.31. The Morgan fingerprint density at radius 2 is 1.78 bits per heavy atom. The normalized spacial score (nSPS) is 16.0. The molecular formula is C18H23ClN4O3S. The lowest BCUT2D eigenvalue weighted by Gasteiger charge is -2.35. The van der Waals surface area contributed by atoms with Gasteiger partial charge < -0.3 is 9.64 Å². The molecule has 0 atom stereocenters. The van der Waals surface area contributed by atoms with E-state index < -0.39 is 10.0 Å². The van der Waals surface area contributed by atoms with Crippen LogP contribution in [0.3, 0.4) is 0 Å². The Bertz CT molecular complexity index is 913. The third-order valence-electron chi connectivity index (χ3n) is 4.17. The molecule has 3 rings (SSSR count). The number of anilines is 1. The van der Waals surface area contributed by atoms with Gasteiger partial charge in [-0.3, -0.25) is 0 Å². The number of piperazine rings is 1. The van der Waals surface area contributed by atoms with E-state index in [1.165, 1.54) is 10.4 Å². The molecule has 0 N–H and O–H groups in total. The maximum absolute atomic E-state index is 12.9. The van der Waals surface area contributed by atoms with Crippen LogP contribution in [0.5, 0.6) is 5.88 Å². The molecular weight excluding hydrogens is 388 g/mol. The van der Waals surface area contributed by atoms with E-state index in [0.717, 1.165) is 5.82 Å². The topological polar surface area (TPSA) is 75.6 Å². The molecule has 2 heterocycles. The fourth-order valence-corrected chi connectivity index (χ4v) is 4.86. The largest absolute Gasteiger partial charge is 0.475 e. The number of aryl methyl sites for hydroxylation is 1. The van der Waals surface area contributed by atoms with E-state index >= 15 is 0 Å². The summed E-state index contributed by atoms with van der Waals surface area (Å²) in [4.78, 5) is 10.9. The van der Waals surface area contributed by atoms with E-state index in [4.69, 9.17) is 16.3 Å². The Balaban J connectivity index is 1.74. The van der Waals surface area contributed by atoms with Crippen molar-refractivity contribution in [1.29, 1.82) is 0 Å². The molecule has 27 heavy (non-hydrogen) atoms. The molecule has 0 radical (unpaired) electrons. The van der Waals surface area contributed by atoms with Gasteiger partial charge in [0.2, 0.25) is 15.9 Å². The van der Waals surface area contributed by atoms with Gasteiger partial charge >= 0.3 is 0 Å². The zero-order valence-electron chi connectivity index (χ0n) is 15.6. The number of nitrogens with zero attached hydrogens (tertiary/aromatic N) is 4. The van der Waals surface area contributed by atoms with Crippen molar-refractivity contribution in [2.75, 3.05) is 31.1 Å². The van der Waals surface area contributed by atoms with Gasteiger partial charge in [-0.1, -0.05) is 23.7 Å². The molecule has 1 aromatic carbocycles. The smallest absolute Gasteiger partial charge is 0.244 e. The highest BCUT2D eigenvalue weighted by atomic mass is 35.5. The van der Waals surface area contributed by atoms with Crippen LogP contribution in [0.1, 0.15) is 19.7 Å². The summed E-state index contributed by atoms with van der Waals surface area (Å²) in [5.74, 6) is 1.89. The Labute approximate surface area is 165 Å². The van der Waals surface area contributed by atoms with E-state index in [9.17, 15) is 8.42 Å². The van der Waals surface area contributed by atoms with Crippen molar-refractivity contribution in [3.05, 3.63) is 41.2 Å². The lowest BCUT2D eigenvalue weighted by atomic mass is 10.3. The lowest BCUT2D eigenvalue weighted by Crippen LogP contribution is -2.49. The number of ether oxygens (including phenoxy) is 1. The first-order chi connectivity index (χ1) is 12.8.